The van der Waals surface area contributed by atoms with Crippen LogP contribution in [0, 0.1) is 13.8 Å². The molecular formula is C22H26N4O3S. The Kier molecular flexibility index (Phi) is 8.96. The van der Waals surface area contributed by atoms with E-state index in [0.29, 0.717) is 6.42 Å². The fraction of sp³-hybridized carbons (Fsp3) is 0.273. The number of hydrazine groups is 1. The molecule has 4 N–H and O–H groups in total. The number of nitrogens with one attached hydrogen (secondary N) is 4. The van der Waals surface area contributed by atoms with Crippen LogP contribution in [-0.4, -0.2) is 22.8 Å². The van der Waals surface area contributed by atoms with Gasteiger partial charge in [-0.25, -0.2) is 0 Å². The van der Waals surface area contributed by atoms with E-state index in [9.17, 15) is 14.4 Å². The molecule has 0 unspecified atom stereocenters. The van der Waals surface area contributed by atoms with Crippen LogP contribution in [0.2, 0.25) is 0 Å². The Hall–Kier alpha value is -3.26. The Bertz CT molecular complexity index is 916. The van der Waals surface area contributed by atoms with Crippen molar-refractivity contribution in [3.63, 3.8) is 0 Å². The highest BCUT2D eigenvalue weighted by Crippen LogP contribution is 2.16. The SMILES string of the molecule is Cc1ccc(NC(=O)CCC(=O)NNC(=S)NC(=O)CCc2ccccc2)c(C)c1. The third kappa shape index (κ3) is 8.40. The van der Waals surface area contributed by atoms with Gasteiger partial charge in [0.15, 0.2) is 5.11 Å². The number of carbonyl (C=O) groups is 3. The van der Waals surface area contributed by atoms with Crippen molar-refractivity contribution in [2.45, 2.75) is 39.5 Å². The molecule has 158 valence electrons. The molecule has 0 radical (unpaired) electrons. The molecule has 0 atom stereocenters. The quantitative estimate of drug-likeness (QED) is 0.403. The molecular weight excluding hydrogens is 400 g/mol. The van der Waals surface area contributed by atoms with Gasteiger partial charge in [-0.1, -0.05) is 48.0 Å². The Balaban J connectivity index is 1.63. The smallest absolute Gasteiger partial charge is 0.238 e. The van der Waals surface area contributed by atoms with Gasteiger partial charge in [-0.3, -0.25) is 25.2 Å². The second-order valence-corrected chi connectivity index (χ2v) is 7.31. The second-order valence-electron chi connectivity index (χ2n) is 6.90. The maximum Gasteiger partial charge on any atom is 0.238 e. The van der Waals surface area contributed by atoms with Crippen LogP contribution in [0.15, 0.2) is 48.5 Å². The van der Waals surface area contributed by atoms with Crippen molar-refractivity contribution >= 4 is 40.7 Å². The summed E-state index contributed by atoms with van der Waals surface area (Å²) < 4.78 is 0. The van der Waals surface area contributed by atoms with Gasteiger partial charge in [-0.05, 0) is 49.7 Å². The zero-order chi connectivity index (χ0) is 21.9. The minimum atomic E-state index is -0.410. The van der Waals surface area contributed by atoms with E-state index in [-0.39, 0.29) is 36.2 Å². The molecule has 0 saturated heterocycles. The lowest BCUT2D eigenvalue weighted by atomic mass is 10.1. The summed E-state index contributed by atoms with van der Waals surface area (Å²) in [5.74, 6) is -0.918. The van der Waals surface area contributed by atoms with Gasteiger partial charge < -0.3 is 10.6 Å². The topological polar surface area (TPSA) is 99.3 Å². The van der Waals surface area contributed by atoms with E-state index in [1.165, 1.54) is 0 Å². The average Bonchev–Trinajstić information content (AvgIpc) is 2.72. The van der Waals surface area contributed by atoms with Crippen molar-refractivity contribution < 1.29 is 14.4 Å². The number of benzene rings is 2. The molecule has 0 saturated carbocycles. The molecule has 0 spiro atoms. The first-order valence-corrected chi connectivity index (χ1v) is 10.0. The molecule has 30 heavy (non-hydrogen) atoms. The van der Waals surface area contributed by atoms with Crippen molar-refractivity contribution in [3.8, 4) is 0 Å². The molecule has 0 aliphatic heterocycles. The Morgan fingerprint density at radius 2 is 1.53 bits per heavy atom. The van der Waals surface area contributed by atoms with Crippen LogP contribution >= 0.6 is 12.2 Å². The molecule has 0 fully saturated rings. The minimum Gasteiger partial charge on any atom is -0.326 e. The van der Waals surface area contributed by atoms with Gasteiger partial charge in [0.05, 0.1) is 0 Å². The molecule has 3 amide bonds. The third-order valence-electron chi connectivity index (χ3n) is 4.29. The zero-order valence-electron chi connectivity index (χ0n) is 17.1. The number of hydrogen-bond acceptors (Lipinski definition) is 4. The third-order valence-corrected chi connectivity index (χ3v) is 4.49. The lowest BCUT2D eigenvalue weighted by molar-refractivity contribution is -0.124. The van der Waals surface area contributed by atoms with Gasteiger partial charge in [-0.2, -0.15) is 0 Å². The highest BCUT2D eigenvalue weighted by molar-refractivity contribution is 7.80. The largest absolute Gasteiger partial charge is 0.326 e. The fourth-order valence-corrected chi connectivity index (χ4v) is 2.87. The van der Waals surface area contributed by atoms with Crippen LogP contribution in [0.25, 0.3) is 0 Å². The number of hydrogen-bond donors (Lipinski definition) is 4. The summed E-state index contributed by atoms with van der Waals surface area (Å²) in [4.78, 5) is 35.8. The predicted octanol–water partition coefficient (Wildman–Crippen LogP) is 2.68. The molecule has 2 aromatic rings. The summed E-state index contributed by atoms with van der Waals surface area (Å²) in [5.41, 5.74) is 8.69. The standard InChI is InChI=1S/C22H26N4O3S/c1-15-8-10-18(16(2)14-15)23-19(27)12-13-21(29)25-26-22(30)24-20(28)11-9-17-6-4-3-5-7-17/h3-8,10,14H,9,11-13H2,1-2H3,(H,23,27)(H,25,29)(H2,24,26,28,30). The highest BCUT2D eigenvalue weighted by Gasteiger charge is 2.10. The molecule has 7 nitrogen and oxygen atoms in total. The van der Waals surface area contributed by atoms with Crippen LogP contribution in [0.4, 0.5) is 5.69 Å². The maximum atomic E-state index is 12.0. The van der Waals surface area contributed by atoms with Crippen molar-refractivity contribution in [3.05, 3.63) is 65.2 Å². The Morgan fingerprint density at radius 3 is 2.23 bits per heavy atom. The van der Waals surface area contributed by atoms with E-state index < -0.39 is 5.91 Å². The van der Waals surface area contributed by atoms with Gasteiger partial charge in [0.1, 0.15) is 0 Å². The van der Waals surface area contributed by atoms with Gasteiger partial charge in [0.2, 0.25) is 17.7 Å². The van der Waals surface area contributed by atoms with Gasteiger partial charge in [-0.15, -0.1) is 0 Å². The van der Waals surface area contributed by atoms with Gasteiger partial charge in [0.25, 0.3) is 0 Å². The Labute approximate surface area is 181 Å². The fourth-order valence-electron chi connectivity index (χ4n) is 2.71. The molecule has 2 aromatic carbocycles. The number of anilines is 1. The summed E-state index contributed by atoms with van der Waals surface area (Å²) in [6.45, 7) is 3.89. The van der Waals surface area contributed by atoms with Gasteiger partial charge in [0, 0.05) is 24.9 Å². The second kappa shape index (κ2) is 11.7. The van der Waals surface area contributed by atoms with Crippen LogP contribution in [0.3, 0.4) is 0 Å². The van der Waals surface area contributed by atoms with E-state index in [0.717, 1.165) is 22.4 Å². The highest BCUT2D eigenvalue weighted by atomic mass is 32.1. The van der Waals surface area contributed by atoms with Crippen LogP contribution < -0.4 is 21.5 Å². The Morgan fingerprint density at radius 1 is 0.833 bits per heavy atom. The van der Waals surface area contributed by atoms with E-state index in [2.05, 4.69) is 21.5 Å². The number of amides is 3. The molecule has 0 heterocycles. The number of aryl methyl sites for hydroxylation is 3. The molecule has 0 aliphatic rings. The normalized spacial score (nSPS) is 10.1. The number of rotatable bonds is 7. The minimum absolute atomic E-state index is 0.00106. The van der Waals surface area contributed by atoms with E-state index >= 15 is 0 Å². The summed E-state index contributed by atoms with van der Waals surface area (Å²) >= 11 is 4.99. The first-order chi connectivity index (χ1) is 14.3. The average molecular weight is 427 g/mol. The van der Waals surface area contributed by atoms with Crippen LogP contribution in [0.5, 0.6) is 0 Å². The summed E-state index contributed by atoms with van der Waals surface area (Å²) in [6.07, 6.45) is 0.876. The van der Waals surface area contributed by atoms with E-state index in [1.807, 2.05) is 62.4 Å². The van der Waals surface area contributed by atoms with Crippen molar-refractivity contribution in [2.24, 2.45) is 0 Å². The van der Waals surface area contributed by atoms with Crippen molar-refractivity contribution in [2.75, 3.05) is 5.32 Å². The first kappa shape index (κ1) is 23.0. The van der Waals surface area contributed by atoms with Crippen LogP contribution in [-0.2, 0) is 20.8 Å². The summed E-state index contributed by atoms with van der Waals surface area (Å²) in [7, 11) is 0. The predicted molar refractivity (Wildman–Crippen MR) is 121 cm³/mol. The summed E-state index contributed by atoms with van der Waals surface area (Å²) in [6, 6.07) is 15.4. The zero-order valence-corrected chi connectivity index (χ0v) is 17.9. The number of thiocarbonyl (C=S) groups is 1. The van der Waals surface area contributed by atoms with Crippen molar-refractivity contribution in [1.29, 1.82) is 0 Å². The number of carbonyl (C=O) groups excluding carboxylic acids is 3. The monoisotopic (exact) mass is 426 g/mol. The lowest BCUT2D eigenvalue weighted by Gasteiger charge is -2.11. The van der Waals surface area contributed by atoms with Gasteiger partial charge >= 0.3 is 0 Å². The molecule has 0 bridgehead atoms. The summed E-state index contributed by atoms with van der Waals surface area (Å²) in [5, 5.41) is 5.29. The molecule has 0 aromatic heterocycles. The maximum absolute atomic E-state index is 12.0. The van der Waals surface area contributed by atoms with Crippen molar-refractivity contribution in [1.82, 2.24) is 16.2 Å². The molecule has 2 rings (SSSR count). The lowest BCUT2D eigenvalue weighted by Crippen LogP contribution is -2.48. The molecule has 8 heteroatoms. The molecule has 0 aliphatic carbocycles. The van der Waals surface area contributed by atoms with E-state index in [4.69, 9.17) is 12.2 Å². The first-order valence-electron chi connectivity index (χ1n) is 9.63. The van der Waals surface area contributed by atoms with E-state index in [1.54, 1.807) is 0 Å². The van der Waals surface area contributed by atoms with Crippen LogP contribution in [0.1, 0.15) is 36.0 Å².